The highest BCUT2D eigenvalue weighted by Gasteiger charge is 2.23. The summed E-state index contributed by atoms with van der Waals surface area (Å²) in [6.45, 7) is 1.79. The summed E-state index contributed by atoms with van der Waals surface area (Å²) in [5, 5.41) is 15.3. The van der Waals surface area contributed by atoms with Crippen molar-refractivity contribution in [3.05, 3.63) is 82.2 Å². The average molecular weight is 369 g/mol. The Labute approximate surface area is 154 Å². The van der Waals surface area contributed by atoms with Crippen molar-refractivity contribution < 1.29 is 14.1 Å². The molecule has 1 aromatic heterocycles. The number of nitro benzene ring substituents is 1. The molecule has 0 aliphatic rings. The fraction of sp³-hybridized carbons (Fsp3) is 0.167. The maximum absolute atomic E-state index is 13.1. The third-order valence-corrected chi connectivity index (χ3v) is 4.34. The quantitative estimate of drug-likeness (QED) is 0.509. The summed E-state index contributed by atoms with van der Waals surface area (Å²) in [6.07, 6.45) is 2.60. The SMILES string of the molecule is CC(c1ccc(F)cc1)N(C)C(=O)c1ccc(-n2cncn2)c([N+](=O)[O-])c1. The van der Waals surface area contributed by atoms with Gasteiger partial charge in [-0.05, 0) is 36.8 Å². The summed E-state index contributed by atoms with van der Waals surface area (Å²) in [6, 6.07) is 9.67. The third-order valence-electron chi connectivity index (χ3n) is 4.34. The Balaban J connectivity index is 1.91. The van der Waals surface area contributed by atoms with E-state index in [4.69, 9.17) is 0 Å². The lowest BCUT2D eigenvalue weighted by atomic mass is 10.1. The molecule has 138 valence electrons. The van der Waals surface area contributed by atoms with Crippen LogP contribution in [0.3, 0.4) is 0 Å². The van der Waals surface area contributed by atoms with Crippen molar-refractivity contribution in [2.24, 2.45) is 0 Å². The monoisotopic (exact) mass is 369 g/mol. The highest BCUT2D eigenvalue weighted by atomic mass is 19.1. The van der Waals surface area contributed by atoms with Gasteiger partial charge < -0.3 is 4.90 Å². The Morgan fingerprint density at radius 3 is 2.56 bits per heavy atom. The molecule has 0 fully saturated rings. The Bertz CT molecular complexity index is 973. The molecular formula is C18H16FN5O3. The Kier molecular flexibility index (Phi) is 4.93. The first-order chi connectivity index (χ1) is 12.9. The van der Waals surface area contributed by atoms with Crippen LogP contribution in [-0.2, 0) is 0 Å². The van der Waals surface area contributed by atoms with Crippen molar-refractivity contribution in [2.75, 3.05) is 7.05 Å². The molecule has 0 saturated heterocycles. The molecule has 0 radical (unpaired) electrons. The van der Waals surface area contributed by atoms with E-state index in [-0.39, 0.29) is 34.7 Å². The van der Waals surface area contributed by atoms with E-state index in [9.17, 15) is 19.3 Å². The first-order valence-corrected chi connectivity index (χ1v) is 8.04. The number of amides is 1. The Hall–Kier alpha value is -3.62. The number of hydrogen-bond donors (Lipinski definition) is 0. The van der Waals surface area contributed by atoms with E-state index in [1.54, 1.807) is 26.1 Å². The van der Waals surface area contributed by atoms with Gasteiger partial charge >= 0.3 is 0 Å². The molecule has 1 unspecified atom stereocenters. The summed E-state index contributed by atoms with van der Waals surface area (Å²) < 4.78 is 14.4. The van der Waals surface area contributed by atoms with Gasteiger partial charge in [0.25, 0.3) is 11.6 Å². The van der Waals surface area contributed by atoms with Crippen LogP contribution in [0.1, 0.15) is 28.9 Å². The van der Waals surface area contributed by atoms with E-state index in [2.05, 4.69) is 10.1 Å². The Morgan fingerprint density at radius 1 is 1.26 bits per heavy atom. The molecule has 3 rings (SSSR count). The molecule has 1 atom stereocenters. The fourth-order valence-electron chi connectivity index (χ4n) is 2.67. The van der Waals surface area contributed by atoms with Crippen molar-refractivity contribution >= 4 is 11.6 Å². The van der Waals surface area contributed by atoms with Crippen LogP contribution in [0.25, 0.3) is 5.69 Å². The average Bonchev–Trinajstić information content (AvgIpc) is 3.21. The third kappa shape index (κ3) is 3.66. The summed E-state index contributed by atoms with van der Waals surface area (Å²) in [4.78, 5) is 28.9. The number of carbonyl (C=O) groups is 1. The van der Waals surface area contributed by atoms with E-state index < -0.39 is 4.92 Å². The van der Waals surface area contributed by atoms with Crippen LogP contribution < -0.4 is 0 Å². The minimum Gasteiger partial charge on any atom is -0.335 e. The smallest absolute Gasteiger partial charge is 0.295 e. The lowest BCUT2D eigenvalue weighted by molar-refractivity contribution is -0.384. The normalized spacial score (nSPS) is 11.8. The van der Waals surface area contributed by atoms with Crippen molar-refractivity contribution in [2.45, 2.75) is 13.0 Å². The highest BCUT2D eigenvalue weighted by Crippen LogP contribution is 2.26. The minimum atomic E-state index is -0.572. The predicted octanol–water partition coefficient (Wildman–Crippen LogP) is 3.15. The number of nitrogens with zero attached hydrogens (tertiary/aromatic N) is 5. The molecule has 1 amide bonds. The molecule has 0 N–H and O–H groups in total. The second-order valence-corrected chi connectivity index (χ2v) is 5.94. The second-order valence-electron chi connectivity index (χ2n) is 5.94. The minimum absolute atomic E-state index is 0.169. The maximum Gasteiger partial charge on any atom is 0.295 e. The van der Waals surface area contributed by atoms with Crippen LogP contribution in [-0.4, -0.2) is 37.5 Å². The molecular weight excluding hydrogens is 353 g/mol. The molecule has 27 heavy (non-hydrogen) atoms. The van der Waals surface area contributed by atoms with E-state index in [0.717, 1.165) is 5.56 Å². The Morgan fingerprint density at radius 2 is 1.96 bits per heavy atom. The topological polar surface area (TPSA) is 94.2 Å². The molecule has 0 saturated carbocycles. The number of benzene rings is 2. The highest BCUT2D eigenvalue weighted by molar-refractivity contribution is 5.95. The van der Waals surface area contributed by atoms with Gasteiger partial charge in [0.05, 0.1) is 11.0 Å². The van der Waals surface area contributed by atoms with Crippen LogP contribution in [0.2, 0.25) is 0 Å². The molecule has 1 heterocycles. The molecule has 9 heteroatoms. The fourth-order valence-corrected chi connectivity index (χ4v) is 2.67. The first-order valence-electron chi connectivity index (χ1n) is 8.04. The van der Waals surface area contributed by atoms with Crippen LogP contribution in [0.4, 0.5) is 10.1 Å². The molecule has 0 spiro atoms. The zero-order chi connectivity index (χ0) is 19.6. The van der Waals surface area contributed by atoms with Gasteiger partial charge in [-0.1, -0.05) is 12.1 Å². The van der Waals surface area contributed by atoms with E-state index in [1.165, 1.54) is 52.6 Å². The summed E-state index contributed by atoms with van der Waals surface area (Å²) in [5.74, 6) is -0.751. The van der Waals surface area contributed by atoms with Crippen LogP contribution in [0.5, 0.6) is 0 Å². The van der Waals surface area contributed by atoms with Crippen LogP contribution in [0, 0.1) is 15.9 Å². The molecule has 0 aliphatic heterocycles. The van der Waals surface area contributed by atoms with Gasteiger partial charge in [-0.3, -0.25) is 14.9 Å². The van der Waals surface area contributed by atoms with Crippen molar-refractivity contribution in [3.63, 3.8) is 0 Å². The number of carbonyl (C=O) groups excluding carboxylic acids is 1. The van der Waals surface area contributed by atoms with Gasteiger partial charge in [0.15, 0.2) is 0 Å². The molecule has 0 bridgehead atoms. The lowest BCUT2D eigenvalue weighted by Crippen LogP contribution is -2.29. The number of halogens is 1. The summed E-state index contributed by atoms with van der Waals surface area (Å²) >= 11 is 0. The maximum atomic E-state index is 13.1. The second kappa shape index (κ2) is 7.32. The molecule has 2 aromatic carbocycles. The van der Waals surface area contributed by atoms with Crippen molar-refractivity contribution in [1.29, 1.82) is 0 Å². The van der Waals surface area contributed by atoms with Gasteiger partial charge in [0.2, 0.25) is 0 Å². The van der Waals surface area contributed by atoms with Crippen molar-refractivity contribution in [3.8, 4) is 5.69 Å². The number of rotatable bonds is 5. The summed E-state index contributed by atoms with van der Waals surface area (Å²) in [7, 11) is 1.59. The zero-order valence-electron chi connectivity index (χ0n) is 14.6. The first kappa shape index (κ1) is 18.2. The molecule has 3 aromatic rings. The number of nitro groups is 1. The van der Waals surface area contributed by atoms with Gasteiger partial charge in [-0.25, -0.2) is 14.1 Å². The van der Waals surface area contributed by atoms with Gasteiger partial charge in [0, 0.05) is 18.7 Å². The number of hydrogen-bond acceptors (Lipinski definition) is 5. The number of aromatic nitrogens is 3. The predicted molar refractivity (Wildman–Crippen MR) is 94.9 cm³/mol. The summed E-state index contributed by atoms with van der Waals surface area (Å²) in [5.41, 5.74) is 0.875. The molecule has 0 aliphatic carbocycles. The van der Waals surface area contributed by atoms with Gasteiger partial charge in [-0.15, -0.1) is 0 Å². The lowest BCUT2D eigenvalue weighted by Gasteiger charge is -2.25. The van der Waals surface area contributed by atoms with E-state index in [1.807, 2.05) is 0 Å². The standard InChI is InChI=1S/C18H16FN5O3/c1-12(13-3-6-15(19)7-4-13)22(2)18(25)14-5-8-16(17(9-14)24(26)27)23-11-20-10-21-23/h3-12H,1-2H3. The zero-order valence-corrected chi connectivity index (χ0v) is 14.6. The van der Waals surface area contributed by atoms with Gasteiger partial charge in [-0.2, -0.15) is 5.10 Å². The van der Waals surface area contributed by atoms with Gasteiger partial charge in [0.1, 0.15) is 24.2 Å². The van der Waals surface area contributed by atoms with E-state index >= 15 is 0 Å². The van der Waals surface area contributed by atoms with Crippen LogP contribution >= 0.6 is 0 Å². The van der Waals surface area contributed by atoms with Crippen LogP contribution in [0.15, 0.2) is 55.1 Å². The largest absolute Gasteiger partial charge is 0.335 e. The molecule has 8 nitrogen and oxygen atoms in total. The van der Waals surface area contributed by atoms with Crippen molar-refractivity contribution in [1.82, 2.24) is 19.7 Å². The van der Waals surface area contributed by atoms with E-state index in [0.29, 0.717) is 0 Å².